The lowest BCUT2D eigenvalue weighted by Gasteiger charge is -2.23. The third-order valence-electron chi connectivity index (χ3n) is 6.57. The summed E-state index contributed by atoms with van der Waals surface area (Å²) in [6.45, 7) is 5.83. The molecule has 8 heteroatoms. The Morgan fingerprint density at radius 3 is 2.32 bits per heavy atom. The predicted molar refractivity (Wildman–Crippen MR) is 145 cm³/mol. The molecule has 1 aromatic heterocycles. The Balaban J connectivity index is 1.73. The zero-order valence-electron chi connectivity index (χ0n) is 21.2. The number of carbonyl (C=O) groups is 2. The van der Waals surface area contributed by atoms with Crippen LogP contribution in [0.1, 0.15) is 33.9 Å². The molecule has 1 aliphatic rings. The van der Waals surface area contributed by atoms with Crippen molar-refractivity contribution < 1.29 is 24.2 Å². The molecule has 0 aliphatic carbocycles. The molecule has 1 N–H and O–H groups in total. The summed E-state index contributed by atoms with van der Waals surface area (Å²) in [5, 5.41) is 11.8. The zero-order valence-corrected chi connectivity index (χ0v) is 22.0. The van der Waals surface area contributed by atoms with Gasteiger partial charge in [-0.05, 0) is 79.4 Å². The van der Waals surface area contributed by atoms with E-state index in [-0.39, 0.29) is 11.3 Å². The van der Waals surface area contributed by atoms with Crippen LogP contribution in [-0.2, 0) is 9.59 Å². The third kappa shape index (κ3) is 4.13. The van der Waals surface area contributed by atoms with Gasteiger partial charge in [0.1, 0.15) is 17.3 Å². The van der Waals surface area contributed by atoms with Crippen LogP contribution >= 0.6 is 11.3 Å². The van der Waals surface area contributed by atoms with Gasteiger partial charge in [0, 0.05) is 5.56 Å². The van der Waals surface area contributed by atoms with Crippen molar-refractivity contribution in [2.24, 2.45) is 0 Å². The zero-order chi connectivity index (χ0) is 26.4. The number of benzene rings is 3. The highest BCUT2D eigenvalue weighted by molar-refractivity contribution is 7.22. The van der Waals surface area contributed by atoms with E-state index >= 15 is 0 Å². The molecule has 37 heavy (non-hydrogen) atoms. The average molecular weight is 515 g/mol. The van der Waals surface area contributed by atoms with Crippen molar-refractivity contribution in [3.63, 3.8) is 0 Å². The number of methoxy groups -OCH3 is 2. The van der Waals surface area contributed by atoms with Crippen molar-refractivity contribution in [2.75, 3.05) is 19.1 Å². The molecular formula is C29H26N2O5S. The number of rotatable bonds is 5. The number of amides is 1. The van der Waals surface area contributed by atoms with Gasteiger partial charge in [0.05, 0.1) is 36.1 Å². The number of thiazole rings is 1. The van der Waals surface area contributed by atoms with Gasteiger partial charge in [0.25, 0.3) is 5.78 Å². The highest BCUT2D eigenvalue weighted by atomic mass is 32.1. The van der Waals surface area contributed by atoms with Gasteiger partial charge in [-0.2, -0.15) is 0 Å². The summed E-state index contributed by atoms with van der Waals surface area (Å²) >= 11 is 1.35. The fraction of sp³-hybridized carbons (Fsp3) is 0.207. The van der Waals surface area contributed by atoms with Gasteiger partial charge >= 0.3 is 5.91 Å². The lowest BCUT2D eigenvalue weighted by atomic mass is 9.95. The molecule has 0 saturated carbocycles. The number of carbonyl (C=O) groups excluding carboxylic acids is 2. The van der Waals surface area contributed by atoms with E-state index in [0.717, 1.165) is 26.9 Å². The largest absolute Gasteiger partial charge is 0.507 e. The maximum Gasteiger partial charge on any atom is 0.301 e. The number of aliphatic hydroxyl groups is 1. The Kier molecular flexibility index (Phi) is 6.21. The highest BCUT2D eigenvalue weighted by Gasteiger charge is 2.48. The lowest BCUT2D eigenvalue weighted by molar-refractivity contribution is -0.132. The summed E-state index contributed by atoms with van der Waals surface area (Å²) in [5.74, 6) is -0.457. The van der Waals surface area contributed by atoms with Gasteiger partial charge in [-0.1, -0.05) is 29.5 Å². The molecule has 1 atom stereocenters. The summed E-state index contributed by atoms with van der Waals surface area (Å²) in [4.78, 5) is 33.1. The Labute approximate surface area is 218 Å². The minimum absolute atomic E-state index is 0.00638. The van der Waals surface area contributed by atoms with E-state index in [0.29, 0.717) is 27.8 Å². The summed E-state index contributed by atoms with van der Waals surface area (Å²) in [5.41, 5.74) is 4.73. The molecule has 0 unspecified atom stereocenters. The van der Waals surface area contributed by atoms with Gasteiger partial charge in [0.2, 0.25) is 0 Å². The second-order valence-electron chi connectivity index (χ2n) is 9.05. The summed E-state index contributed by atoms with van der Waals surface area (Å²) in [7, 11) is 3.14. The number of ketones is 1. The van der Waals surface area contributed by atoms with Gasteiger partial charge in [-0.25, -0.2) is 4.98 Å². The standard InChI is InChI=1S/C29H26N2O5S/c1-15-12-17(3)24-22(13-15)37-29(30-24)31-25(18-6-9-20(35-4)10-7-18)23(27(33)28(31)34)26(32)19-8-11-21(36-5)16(2)14-19/h6-14,25,32H,1-5H3/t25-/m0/s1. The molecule has 1 amide bonds. The van der Waals surface area contributed by atoms with Crippen LogP contribution in [0.4, 0.5) is 5.13 Å². The average Bonchev–Trinajstić information content (AvgIpc) is 3.42. The minimum Gasteiger partial charge on any atom is -0.507 e. The third-order valence-corrected chi connectivity index (χ3v) is 7.57. The van der Waals surface area contributed by atoms with Crippen LogP contribution in [-0.4, -0.2) is 36.0 Å². The molecule has 0 radical (unpaired) electrons. The first-order chi connectivity index (χ1) is 17.7. The number of nitrogens with zero attached hydrogens (tertiary/aromatic N) is 2. The van der Waals surface area contributed by atoms with Crippen molar-refractivity contribution in [3.8, 4) is 11.5 Å². The van der Waals surface area contributed by atoms with Crippen molar-refractivity contribution in [3.05, 3.63) is 88.0 Å². The molecule has 0 spiro atoms. The van der Waals surface area contributed by atoms with Crippen molar-refractivity contribution >= 4 is 44.1 Å². The Hall–Kier alpha value is -4.17. The molecule has 1 aliphatic heterocycles. The van der Waals surface area contributed by atoms with Crippen LogP contribution in [0, 0.1) is 20.8 Å². The van der Waals surface area contributed by atoms with Gasteiger partial charge in [0.15, 0.2) is 5.13 Å². The van der Waals surface area contributed by atoms with E-state index in [1.807, 2.05) is 32.9 Å². The lowest BCUT2D eigenvalue weighted by Crippen LogP contribution is -2.29. The topological polar surface area (TPSA) is 89.0 Å². The molecule has 188 valence electrons. The molecule has 3 aromatic carbocycles. The maximum atomic E-state index is 13.5. The number of aryl methyl sites for hydroxylation is 3. The van der Waals surface area contributed by atoms with E-state index in [1.165, 1.54) is 16.2 Å². The minimum atomic E-state index is -0.865. The number of Topliss-reactive ketones (excluding diaryl/α,β-unsaturated/α-hetero) is 1. The van der Waals surface area contributed by atoms with Crippen LogP contribution in [0.3, 0.4) is 0 Å². The predicted octanol–water partition coefficient (Wildman–Crippen LogP) is 5.87. The molecule has 1 saturated heterocycles. The fourth-order valence-electron chi connectivity index (χ4n) is 4.77. The van der Waals surface area contributed by atoms with Crippen LogP contribution in [0.2, 0.25) is 0 Å². The van der Waals surface area contributed by atoms with Crippen molar-refractivity contribution in [1.29, 1.82) is 0 Å². The van der Waals surface area contributed by atoms with Crippen LogP contribution in [0.5, 0.6) is 11.5 Å². The van der Waals surface area contributed by atoms with E-state index in [4.69, 9.17) is 14.5 Å². The first kappa shape index (κ1) is 24.5. The maximum absolute atomic E-state index is 13.5. The molecule has 0 bridgehead atoms. The number of aromatic nitrogens is 1. The second-order valence-corrected chi connectivity index (χ2v) is 10.1. The van der Waals surface area contributed by atoms with E-state index in [9.17, 15) is 14.7 Å². The molecule has 1 fully saturated rings. The van der Waals surface area contributed by atoms with Gasteiger partial charge < -0.3 is 14.6 Å². The van der Waals surface area contributed by atoms with Gasteiger partial charge in [-0.3, -0.25) is 14.5 Å². The number of ether oxygens (including phenoxy) is 2. The van der Waals surface area contributed by atoms with Crippen LogP contribution < -0.4 is 14.4 Å². The number of hydrogen-bond acceptors (Lipinski definition) is 7. The SMILES string of the molecule is COc1ccc([C@H]2C(=C(O)c3ccc(OC)c(C)c3)C(=O)C(=O)N2c2nc3c(C)cc(C)cc3s2)cc1. The Morgan fingerprint density at radius 2 is 1.68 bits per heavy atom. The first-order valence-electron chi connectivity index (χ1n) is 11.7. The first-order valence-corrected chi connectivity index (χ1v) is 12.5. The number of hydrogen-bond donors (Lipinski definition) is 1. The highest BCUT2D eigenvalue weighted by Crippen LogP contribution is 2.45. The summed E-state index contributed by atoms with van der Waals surface area (Å²) in [6, 6.07) is 15.4. The molecule has 4 aromatic rings. The van der Waals surface area contributed by atoms with Gasteiger partial charge in [-0.15, -0.1) is 0 Å². The summed E-state index contributed by atoms with van der Waals surface area (Å²) < 4.78 is 11.6. The van der Waals surface area contributed by atoms with Crippen LogP contribution in [0.15, 0.2) is 60.2 Å². The van der Waals surface area contributed by atoms with E-state index in [1.54, 1.807) is 56.7 Å². The molecule has 7 nitrogen and oxygen atoms in total. The Morgan fingerprint density at radius 1 is 0.946 bits per heavy atom. The number of aliphatic hydroxyl groups excluding tert-OH is 1. The van der Waals surface area contributed by atoms with E-state index in [2.05, 4.69) is 0 Å². The normalized spacial score (nSPS) is 17.0. The quantitative estimate of drug-likeness (QED) is 0.204. The number of fused-ring (bicyclic) bond motifs is 1. The monoisotopic (exact) mass is 514 g/mol. The molecule has 5 rings (SSSR count). The smallest absolute Gasteiger partial charge is 0.301 e. The molecule has 2 heterocycles. The van der Waals surface area contributed by atoms with E-state index < -0.39 is 17.7 Å². The fourth-order valence-corrected chi connectivity index (χ4v) is 5.94. The number of anilines is 1. The Bertz CT molecular complexity index is 1590. The second kappa shape index (κ2) is 9.37. The molecular weight excluding hydrogens is 488 g/mol. The summed E-state index contributed by atoms with van der Waals surface area (Å²) in [6.07, 6.45) is 0. The van der Waals surface area contributed by atoms with Crippen molar-refractivity contribution in [1.82, 2.24) is 4.98 Å². The van der Waals surface area contributed by atoms with Crippen LogP contribution in [0.25, 0.3) is 16.0 Å². The van der Waals surface area contributed by atoms with Crippen molar-refractivity contribution in [2.45, 2.75) is 26.8 Å².